The van der Waals surface area contributed by atoms with Gasteiger partial charge in [-0.2, -0.15) is 0 Å². The van der Waals surface area contributed by atoms with Crippen LogP contribution in [0.3, 0.4) is 0 Å². The number of aromatic nitrogens is 1. The lowest BCUT2D eigenvalue weighted by atomic mass is 10.2. The Bertz CT molecular complexity index is 670. The first kappa shape index (κ1) is 16.1. The first-order valence-corrected chi connectivity index (χ1v) is 8.98. The Labute approximate surface area is 141 Å². The second-order valence-corrected chi connectivity index (χ2v) is 7.18. The molecule has 1 saturated heterocycles. The van der Waals surface area contributed by atoms with Gasteiger partial charge < -0.3 is 4.90 Å². The van der Waals surface area contributed by atoms with Gasteiger partial charge in [-0.1, -0.05) is 29.8 Å². The number of carbonyl (C=O) groups excluding carboxylic acids is 1. The third-order valence-corrected chi connectivity index (χ3v) is 5.24. The highest BCUT2D eigenvalue weighted by Gasteiger charge is 2.24. The van der Waals surface area contributed by atoms with Crippen molar-refractivity contribution in [3.8, 4) is 10.6 Å². The zero-order chi connectivity index (χ0) is 16.4. The minimum atomic E-state index is 0.0583. The van der Waals surface area contributed by atoms with Crippen LogP contribution in [-0.2, 0) is 0 Å². The summed E-state index contributed by atoms with van der Waals surface area (Å²) >= 11 is 1.54. The molecule has 122 valence electrons. The molecule has 5 heteroatoms. The molecular weight excluding hydrogens is 306 g/mol. The van der Waals surface area contributed by atoms with Crippen molar-refractivity contribution < 1.29 is 4.79 Å². The zero-order valence-corrected chi connectivity index (χ0v) is 14.8. The Hall–Kier alpha value is -1.72. The summed E-state index contributed by atoms with van der Waals surface area (Å²) in [5.41, 5.74) is 2.87. The SMILES string of the molecule is Cc1ccc(-c2nc(C(=O)N3CCN(C(C)C)CC3)cs2)cc1. The Morgan fingerprint density at radius 2 is 1.78 bits per heavy atom. The van der Waals surface area contributed by atoms with Gasteiger partial charge in [0.1, 0.15) is 10.7 Å². The summed E-state index contributed by atoms with van der Waals surface area (Å²) in [4.78, 5) is 21.5. The van der Waals surface area contributed by atoms with Crippen LogP contribution >= 0.6 is 11.3 Å². The molecule has 23 heavy (non-hydrogen) atoms. The Balaban J connectivity index is 1.68. The molecule has 0 atom stereocenters. The number of nitrogens with zero attached hydrogens (tertiary/aromatic N) is 3. The van der Waals surface area contributed by atoms with Crippen molar-refractivity contribution in [1.82, 2.24) is 14.8 Å². The lowest BCUT2D eigenvalue weighted by Gasteiger charge is -2.36. The number of thiazole rings is 1. The summed E-state index contributed by atoms with van der Waals surface area (Å²) in [7, 11) is 0. The number of piperazine rings is 1. The van der Waals surface area contributed by atoms with Gasteiger partial charge in [0, 0.05) is 43.2 Å². The number of hydrogen-bond donors (Lipinski definition) is 0. The number of benzene rings is 1. The highest BCUT2D eigenvalue weighted by molar-refractivity contribution is 7.13. The summed E-state index contributed by atoms with van der Waals surface area (Å²) in [5, 5.41) is 2.79. The first-order chi connectivity index (χ1) is 11.0. The van der Waals surface area contributed by atoms with E-state index >= 15 is 0 Å². The molecule has 0 bridgehead atoms. The third-order valence-electron chi connectivity index (χ3n) is 4.35. The van der Waals surface area contributed by atoms with E-state index in [1.165, 1.54) is 16.9 Å². The molecule has 3 rings (SSSR count). The van der Waals surface area contributed by atoms with E-state index in [2.05, 4.69) is 54.9 Å². The molecule has 0 N–H and O–H groups in total. The minimum absolute atomic E-state index is 0.0583. The number of hydrogen-bond acceptors (Lipinski definition) is 4. The highest BCUT2D eigenvalue weighted by Crippen LogP contribution is 2.24. The molecule has 0 radical (unpaired) electrons. The van der Waals surface area contributed by atoms with E-state index in [-0.39, 0.29) is 5.91 Å². The molecule has 2 aromatic rings. The van der Waals surface area contributed by atoms with Crippen LogP contribution in [0.25, 0.3) is 10.6 Å². The van der Waals surface area contributed by atoms with E-state index in [9.17, 15) is 4.79 Å². The molecule has 0 spiro atoms. The molecule has 2 heterocycles. The van der Waals surface area contributed by atoms with Gasteiger partial charge in [0.15, 0.2) is 0 Å². The highest BCUT2D eigenvalue weighted by atomic mass is 32.1. The van der Waals surface area contributed by atoms with Gasteiger partial charge >= 0.3 is 0 Å². The van der Waals surface area contributed by atoms with Gasteiger partial charge in [-0.15, -0.1) is 11.3 Å². The molecule has 1 aliphatic rings. The fourth-order valence-electron chi connectivity index (χ4n) is 2.80. The van der Waals surface area contributed by atoms with Crippen LogP contribution in [-0.4, -0.2) is 52.9 Å². The van der Waals surface area contributed by atoms with Crippen LogP contribution in [0.4, 0.5) is 0 Å². The number of carbonyl (C=O) groups is 1. The van der Waals surface area contributed by atoms with Crippen LogP contribution in [0.15, 0.2) is 29.6 Å². The van der Waals surface area contributed by atoms with E-state index in [1.54, 1.807) is 0 Å². The fourth-order valence-corrected chi connectivity index (χ4v) is 3.60. The summed E-state index contributed by atoms with van der Waals surface area (Å²) in [6.45, 7) is 9.93. The molecule has 0 aliphatic carbocycles. The molecule has 1 fully saturated rings. The Kier molecular flexibility index (Phi) is 4.78. The molecule has 0 saturated carbocycles. The van der Waals surface area contributed by atoms with Crippen molar-refractivity contribution in [3.05, 3.63) is 40.9 Å². The fraction of sp³-hybridized carbons (Fsp3) is 0.444. The quantitative estimate of drug-likeness (QED) is 0.867. The first-order valence-electron chi connectivity index (χ1n) is 8.10. The number of amides is 1. The minimum Gasteiger partial charge on any atom is -0.335 e. The monoisotopic (exact) mass is 329 g/mol. The summed E-state index contributed by atoms with van der Waals surface area (Å²) in [6, 6.07) is 8.81. The maximum Gasteiger partial charge on any atom is 0.273 e. The van der Waals surface area contributed by atoms with Crippen molar-refractivity contribution in [2.24, 2.45) is 0 Å². The molecule has 0 unspecified atom stereocenters. The molecule has 4 nitrogen and oxygen atoms in total. The van der Waals surface area contributed by atoms with Gasteiger partial charge in [0.05, 0.1) is 0 Å². The van der Waals surface area contributed by atoms with Crippen molar-refractivity contribution in [2.75, 3.05) is 26.2 Å². The smallest absolute Gasteiger partial charge is 0.273 e. The lowest BCUT2D eigenvalue weighted by molar-refractivity contribution is 0.0591. The largest absolute Gasteiger partial charge is 0.335 e. The van der Waals surface area contributed by atoms with Gasteiger partial charge in [-0.25, -0.2) is 4.98 Å². The van der Waals surface area contributed by atoms with Crippen molar-refractivity contribution >= 4 is 17.2 Å². The zero-order valence-electron chi connectivity index (χ0n) is 14.0. The maximum atomic E-state index is 12.6. The predicted molar refractivity (Wildman–Crippen MR) is 94.9 cm³/mol. The standard InChI is InChI=1S/C18H23N3OS/c1-13(2)20-8-10-21(11-9-20)18(22)16-12-23-17(19-16)15-6-4-14(3)5-7-15/h4-7,12-13H,8-11H2,1-3H3. The molecule has 1 aromatic carbocycles. The topological polar surface area (TPSA) is 36.4 Å². The molecule has 1 aromatic heterocycles. The maximum absolute atomic E-state index is 12.6. The van der Waals surface area contributed by atoms with Gasteiger partial charge in [0.25, 0.3) is 5.91 Å². The second-order valence-electron chi connectivity index (χ2n) is 6.33. The normalized spacial score (nSPS) is 16.1. The van der Waals surface area contributed by atoms with E-state index in [0.717, 1.165) is 36.8 Å². The summed E-state index contributed by atoms with van der Waals surface area (Å²) in [5.74, 6) is 0.0583. The predicted octanol–water partition coefficient (Wildman–Crippen LogP) is 3.28. The summed E-state index contributed by atoms with van der Waals surface area (Å²) in [6.07, 6.45) is 0. The van der Waals surface area contributed by atoms with E-state index < -0.39 is 0 Å². The average Bonchev–Trinajstić information content (AvgIpc) is 3.05. The van der Waals surface area contributed by atoms with Gasteiger partial charge in [0.2, 0.25) is 0 Å². The number of aryl methyl sites for hydroxylation is 1. The summed E-state index contributed by atoms with van der Waals surface area (Å²) < 4.78 is 0. The Morgan fingerprint density at radius 1 is 1.13 bits per heavy atom. The Morgan fingerprint density at radius 3 is 2.39 bits per heavy atom. The van der Waals surface area contributed by atoms with Crippen LogP contribution in [0.1, 0.15) is 29.9 Å². The second kappa shape index (κ2) is 6.81. The third kappa shape index (κ3) is 3.62. The molecular formula is C18H23N3OS. The molecule has 1 aliphatic heterocycles. The molecule has 1 amide bonds. The van der Waals surface area contributed by atoms with E-state index in [0.29, 0.717) is 11.7 Å². The average molecular weight is 329 g/mol. The van der Waals surface area contributed by atoms with E-state index in [1.807, 2.05) is 10.3 Å². The van der Waals surface area contributed by atoms with Crippen LogP contribution < -0.4 is 0 Å². The van der Waals surface area contributed by atoms with Crippen molar-refractivity contribution in [1.29, 1.82) is 0 Å². The lowest BCUT2D eigenvalue weighted by Crippen LogP contribution is -2.50. The van der Waals surface area contributed by atoms with Crippen molar-refractivity contribution in [3.63, 3.8) is 0 Å². The van der Waals surface area contributed by atoms with E-state index in [4.69, 9.17) is 0 Å². The van der Waals surface area contributed by atoms with Gasteiger partial charge in [-0.05, 0) is 20.8 Å². The number of rotatable bonds is 3. The van der Waals surface area contributed by atoms with Crippen molar-refractivity contribution in [2.45, 2.75) is 26.8 Å². The van der Waals surface area contributed by atoms with Crippen LogP contribution in [0, 0.1) is 6.92 Å². The van der Waals surface area contributed by atoms with Gasteiger partial charge in [-0.3, -0.25) is 9.69 Å². The van der Waals surface area contributed by atoms with Crippen LogP contribution in [0.2, 0.25) is 0 Å². The van der Waals surface area contributed by atoms with Crippen LogP contribution in [0.5, 0.6) is 0 Å².